The number of ether oxygens (including phenoxy) is 1. The average molecular weight is 436 g/mol. The molecule has 0 heterocycles. The van der Waals surface area contributed by atoms with Gasteiger partial charge in [0.2, 0.25) is 0 Å². The standard InChI is InChI=1S/C23H37BBrO2/c1-6-12-23(4,14-17-8-7-9-17)15-27-20-11-10-18(25)21(22(20)24-5)19(26)13-16(2)3/h10-11,16-17,19,26H,6-9,12-15H2,1-5H3/t19?,23-/m0/s1. The zero-order valence-electron chi connectivity index (χ0n) is 17.9. The van der Waals surface area contributed by atoms with Gasteiger partial charge in [0.15, 0.2) is 7.28 Å². The SMILES string of the molecule is C[B]c1c(OC[C@@](C)(CCC)CC2CCC2)ccc(Br)c1C(O)CC(C)C. The van der Waals surface area contributed by atoms with Gasteiger partial charge in [0.1, 0.15) is 5.75 Å². The third-order valence-corrected chi connectivity index (χ3v) is 6.64. The lowest BCUT2D eigenvalue weighted by Gasteiger charge is -2.37. The van der Waals surface area contributed by atoms with E-state index in [1.807, 2.05) is 19.0 Å². The number of benzene rings is 1. The van der Waals surface area contributed by atoms with Crippen molar-refractivity contribution in [2.75, 3.05) is 6.61 Å². The molecule has 1 N–H and O–H groups in total. The van der Waals surface area contributed by atoms with E-state index in [4.69, 9.17) is 4.74 Å². The van der Waals surface area contributed by atoms with E-state index in [-0.39, 0.29) is 5.41 Å². The van der Waals surface area contributed by atoms with E-state index in [1.165, 1.54) is 38.5 Å². The van der Waals surface area contributed by atoms with Crippen molar-refractivity contribution >= 4 is 28.7 Å². The molecular formula is C23H37BBrO2. The highest BCUT2D eigenvalue weighted by Crippen LogP contribution is 2.40. The maximum Gasteiger partial charge on any atom is 0.153 e. The van der Waals surface area contributed by atoms with Gasteiger partial charge in [-0.05, 0) is 54.3 Å². The minimum atomic E-state index is -0.480. The molecule has 0 amide bonds. The van der Waals surface area contributed by atoms with Crippen molar-refractivity contribution in [2.24, 2.45) is 17.3 Å². The van der Waals surface area contributed by atoms with Gasteiger partial charge in [-0.15, -0.1) is 0 Å². The molecule has 1 fully saturated rings. The summed E-state index contributed by atoms with van der Waals surface area (Å²) in [6.45, 7) is 11.7. The Morgan fingerprint density at radius 1 is 1.33 bits per heavy atom. The summed E-state index contributed by atoms with van der Waals surface area (Å²) in [6.07, 6.45) is 8.10. The van der Waals surface area contributed by atoms with Crippen LogP contribution >= 0.6 is 15.9 Å². The van der Waals surface area contributed by atoms with E-state index in [9.17, 15) is 5.11 Å². The van der Waals surface area contributed by atoms with Gasteiger partial charge in [0.25, 0.3) is 0 Å². The first-order valence-corrected chi connectivity index (χ1v) is 11.5. The molecule has 1 aliphatic rings. The van der Waals surface area contributed by atoms with Crippen LogP contribution in [0.15, 0.2) is 16.6 Å². The molecule has 1 aliphatic carbocycles. The number of hydrogen-bond acceptors (Lipinski definition) is 2. The Bertz CT molecular complexity index is 600. The van der Waals surface area contributed by atoms with Gasteiger partial charge in [0, 0.05) is 9.89 Å². The van der Waals surface area contributed by atoms with Crippen LogP contribution in [0.3, 0.4) is 0 Å². The summed E-state index contributed by atoms with van der Waals surface area (Å²) in [4.78, 5) is 0. The van der Waals surface area contributed by atoms with Crippen molar-refractivity contribution in [3.8, 4) is 5.75 Å². The Kier molecular flexibility index (Phi) is 8.74. The number of hydrogen-bond donors (Lipinski definition) is 1. The highest BCUT2D eigenvalue weighted by atomic mass is 79.9. The maximum atomic E-state index is 10.8. The van der Waals surface area contributed by atoms with Crippen molar-refractivity contribution in [1.29, 1.82) is 0 Å². The van der Waals surface area contributed by atoms with Crippen molar-refractivity contribution in [1.82, 2.24) is 0 Å². The molecule has 0 bridgehead atoms. The normalized spacial score (nSPS) is 18.1. The van der Waals surface area contributed by atoms with Crippen LogP contribution in [-0.4, -0.2) is 19.0 Å². The molecule has 4 heteroatoms. The minimum absolute atomic E-state index is 0.231. The number of rotatable bonds is 11. The lowest BCUT2D eigenvalue weighted by atomic mass is 9.68. The van der Waals surface area contributed by atoms with Crippen LogP contribution in [0.5, 0.6) is 5.75 Å². The van der Waals surface area contributed by atoms with Crippen LogP contribution in [0.1, 0.15) is 84.3 Å². The zero-order chi connectivity index (χ0) is 20.0. The fourth-order valence-electron chi connectivity index (χ4n) is 4.40. The van der Waals surface area contributed by atoms with Crippen molar-refractivity contribution in [2.45, 2.75) is 85.6 Å². The summed E-state index contributed by atoms with van der Waals surface area (Å²) < 4.78 is 7.36. The van der Waals surface area contributed by atoms with E-state index >= 15 is 0 Å². The van der Waals surface area contributed by atoms with Gasteiger partial charge in [-0.25, -0.2) is 0 Å². The summed E-state index contributed by atoms with van der Waals surface area (Å²) in [6, 6.07) is 4.06. The number of aliphatic hydroxyl groups is 1. The number of halogens is 1. The molecule has 1 aromatic rings. The largest absolute Gasteiger partial charge is 0.494 e. The molecule has 0 spiro atoms. The third-order valence-electron chi connectivity index (χ3n) is 5.95. The Hall–Kier alpha value is -0.475. The zero-order valence-corrected chi connectivity index (χ0v) is 19.4. The second kappa shape index (κ2) is 10.3. The van der Waals surface area contributed by atoms with Gasteiger partial charge in [-0.2, -0.15) is 0 Å². The van der Waals surface area contributed by atoms with Crippen molar-refractivity contribution in [3.63, 3.8) is 0 Å². The first kappa shape index (κ1) is 22.8. The van der Waals surface area contributed by atoms with Crippen molar-refractivity contribution in [3.05, 3.63) is 22.2 Å². The average Bonchev–Trinajstić information content (AvgIpc) is 2.56. The van der Waals surface area contributed by atoms with Crippen LogP contribution in [0.4, 0.5) is 0 Å². The highest BCUT2D eigenvalue weighted by Gasteiger charge is 2.31. The fourth-order valence-corrected chi connectivity index (χ4v) is 5.01. The van der Waals surface area contributed by atoms with E-state index < -0.39 is 6.10 Å². The highest BCUT2D eigenvalue weighted by molar-refractivity contribution is 9.10. The van der Waals surface area contributed by atoms with Gasteiger partial charge in [-0.3, -0.25) is 0 Å². The lowest BCUT2D eigenvalue weighted by Crippen LogP contribution is -2.32. The summed E-state index contributed by atoms with van der Waals surface area (Å²) in [5, 5.41) is 10.8. The Labute approximate surface area is 175 Å². The van der Waals surface area contributed by atoms with E-state index in [2.05, 4.69) is 50.9 Å². The molecular weight excluding hydrogens is 399 g/mol. The molecule has 0 saturated heterocycles. The van der Waals surface area contributed by atoms with E-state index in [1.54, 1.807) is 0 Å². The first-order valence-electron chi connectivity index (χ1n) is 10.7. The molecule has 1 radical (unpaired) electrons. The molecule has 1 unspecified atom stereocenters. The topological polar surface area (TPSA) is 29.5 Å². The molecule has 0 aromatic heterocycles. The predicted octanol–water partition coefficient (Wildman–Crippen LogP) is 6.28. The van der Waals surface area contributed by atoms with Crippen LogP contribution in [-0.2, 0) is 0 Å². The molecule has 2 atom stereocenters. The molecule has 0 aliphatic heterocycles. The Balaban J connectivity index is 2.18. The van der Waals surface area contributed by atoms with Crippen molar-refractivity contribution < 1.29 is 9.84 Å². The molecule has 151 valence electrons. The van der Waals surface area contributed by atoms with Crippen LogP contribution < -0.4 is 10.2 Å². The third kappa shape index (κ3) is 6.25. The molecule has 2 rings (SSSR count). The molecule has 27 heavy (non-hydrogen) atoms. The van der Waals surface area contributed by atoms with Crippen LogP contribution in [0, 0.1) is 17.3 Å². The summed E-state index contributed by atoms with van der Waals surface area (Å²) in [7, 11) is 2.07. The summed E-state index contributed by atoms with van der Waals surface area (Å²) in [5.74, 6) is 2.22. The van der Waals surface area contributed by atoms with Gasteiger partial charge >= 0.3 is 0 Å². The summed E-state index contributed by atoms with van der Waals surface area (Å²) in [5.41, 5.74) is 2.22. The van der Waals surface area contributed by atoms with Gasteiger partial charge in [0.05, 0.1) is 12.7 Å². The molecule has 1 aromatic carbocycles. The van der Waals surface area contributed by atoms with Gasteiger partial charge < -0.3 is 9.84 Å². The minimum Gasteiger partial charge on any atom is -0.494 e. The molecule has 1 saturated carbocycles. The monoisotopic (exact) mass is 435 g/mol. The second-order valence-corrected chi connectivity index (χ2v) is 10.0. The Morgan fingerprint density at radius 3 is 2.56 bits per heavy atom. The van der Waals surface area contributed by atoms with E-state index in [0.717, 1.165) is 40.2 Å². The smallest absolute Gasteiger partial charge is 0.153 e. The van der Waals surface area contributed by atoms with Crippen LogP contribution in [0.25, 0.3) is 0 Å². The predicted molar refractivity (Wildman–Crippen MR) is 120 cm³/mol. The quantitative estimate of drug-likeness (QED) is 0.414. The Morgan fingerprint density at radius 2 is 2.04 bits per heavy atom. The first-order chi connectivity index (χ1) is 12.8. The summed E-state index contributed by atoms with van der Waals surface area (Å²) >= 11 is 3.64. The fraction of sp³-hybridized carbons (Fsp3) is 0.739. The van der Waals surface area contributed by atoms with E-state index in [0.29, 0.717) is 5.92 Å². The van der Waals surface area contributed by atoms with Gasteiger partial charge in [-0.1, -0.05) is 76.1 Å². The second-order valence-electron chi connectivity index (χ2n) is 9.16. The number of aliphatic hydroxyl groups excluding tert-OH is 1. The molecule has 2 nitrogen and oxygen atoms in total. The lowest BCUT2D eigenvalue weighted by molar-refractivity contribution is 0.0958. The maximum absolute atomic E-state index is 10.8. The van der Waals surface area contributed by atoms with Crippen LogP contribution in [0.2, 0.25) is 6.82 Å².